The Labute approximate surface area is 170 Å². The first-order valence-electron chi connectivity index (χ1n) is 8.85. The molecule has 0 aliphatic carbocycles. The number of anilines is 1. The minimum Gasteiger partial charge on any atom is -0.350 e. The topological polar surface area (TPSA) is 98.9 Å². The monoisotopic (exact) mass is 453 g/mol. The maximum absolute atomic E-state index is 12.4. The number of amides is 2. The number of nitrogens with one attached hydrogen (secondary N) is 4. The van der Waals surface area contributed by atoms with Crippen LogP contribution in [0.1, 0.15) is 40.1 Å². The maximum atomic E-state index is 12.4. The van der Waals surface area contributed by atoms with Gasteiger partial charge in [0, 0.05) is 6.54 Å². The minimum atomic E-state index is -0.388. The van der Waals surface area contributed by atoms with Crippen LogP contribution in [0.4, 0.5) is 5.82 Å². The van der Waals surface area contributed by atoms with E-state index in [9.17, 15) is 9.59 Å². The summed E-state index contributed by atoms with van der Waals surface area (Å²) >= 11 is 9.38. The highest BCUT2D eigenvalue weighted by Crippen LogP contribution is 2.25. The average molecular weight is 455 g/mol. The molecule has 4 N–H and O–H groups in total. The smallest absolute Gasteiger partial charge is 0.273 e. The fraction of sp³-hybridized carbons (Fsp3) is 0.389. The molecule has 2 amide bonds. The molecule has 1 unspecified atom stereocenters. The number of nitrogens with zero attached hydrogens (tertiary/aromatic N) is 1. The summed E-state index contributed by atoms with van der Waals surface area (Å²) in [4.78, 5) is 24.8. The van der Waals surface area contributed by atoms with E-state index < -0.39 is 0 Å². The molecule has 2 heterocycles. The Bertz CT molecular complexity index is 818. The number of aromatic amines is 1. The van der Waals surface area contributed by atoms with E-state index in [-0.39, 0.29) is 17.5 Å². The molecule has 1 aliphatic heterocycles. The van der Waals surface area contributed by atoms with Gasteiger partial charge in [0.2, 0.25) is 0 Å². The van der Waals surface area contributed by atoms with Gasteiger partial charge >= 0.3 is 0 Å². The highest BCUT2D eigenvalue weighted by Gasteiger charge is 2.21. The maximum Gasteiger partial charge on any atom is 0.273 e. The number of benzene rings is 1. The van der Waals surface area contributed by atoms with Gasteiger partial charge < -0.3 is 16.0 Å². The third-order valence-corrected chi connectivity index (χ3v) is 5.58. The number of hydrogen-bond donors (Lipinski definition) is 4. The molecule has 3 rings (SSSR count). The Balaban J connectivity index is 1.61. The summed E-state index contributed by atoms with van der Waals surface area (Å²) in [5.74, 6) is 0.0387. The number of H-pyrrole nitrogens is 1. The zero-order valence-electron chi connectivity index (χ0n) is 14.6. The summed E-state index contributed by atoms with van der Waals surface area (Å²) in [7, 11) is 0. The van der Waals surface area contributed by atoms with Gasteiger partial charge in [-0.1, -0.05) is 30.2 Å². The van der Waals surface area contributed by atoms with Crippen molar-refractivity contribution >= 4 is 45.2 Å². The predicted octanol–water partition coefficient (Wildman–Crippen LogP) is 3.20. The Hall–Kier alpha value is -1.90. The number of aromatic nitrogens is 2. The zero-order chi connectivity index (χ0) is 19.2. The molecular weight excluding hydrogens is 434 g/mol. The van der Waals surface area contributed by atoms with Gasteiger partial charge in [0.1, 0.15) is 5.82 Å². The number of halogens is 2. The molecular formula is C18H21BrClN5O2. The molecule has 1 saturated heterocycles. The van der Waals surface area contributed by atoms with Gasteiger partial charge in [-0.05, 0) is 59.9 Å². The van der Waals surface area contributed by atoms with Crippen molar-refractivity contribution in [3.63, 3.8) is 0 Å². The summed E-state index contributed by atoms with van der Waals surface area (Å²) in [6.07, 6.45) is 3.43. The van der Waals surface area contributed by atoms with E-state index >= 15 is 0 Å². The number of hydrogen-bond acceptors (Lipinski definition) is 4. The van der Waals surface area contributed by atoms with Crippen LogP contribution in [0, 0.1) is 5.92 Å². The Morgan fingerprint density at radius 3 is 2.89 bits per heavy atom. The molecule has 7 nitrogen and oxygen atoms in total. The van der Waals surface area contributed by atoms with E-state index in [1.165, 1.54) is 6.42 Å². The van der Waals surface area contributed by atoms with Crippen molar-refractivity contribution < 1.29 is 9.59 Å². The van der Waals surface area contributed by atoms with Gasteiger partial charge in [-0.2, -0.15) is 5.10 Å². The van der Waals surface area contributed by atoms with Crippen LogP contribution in [0.5, 0.6) is 0 Å². The summed E-state index contributed by atoms with van der Waals surface area (Å²) in [6, 6.07) is 6.73. The van der Waals surface area contributed by atoms with Crippen LogP contribution < -0.4 is 16.0 Å². The van der Waals surface area contributed by atoms with Crippen LogP contribution in [0.3, 0.4) is 0 Å². The molecule has 2 aromatic rings. The lowest BCUT2D eigenvalue weighted by Gasteiger charge is -2.14. The molecule has 0 spiro atoms. The van der Waals surface area contributed by atoms with E-state index in [4.69, 9.17) is 11.6 Å². The SMILES string of the molecule is O=C(Nc1[nH]nc(C(=O)NCC2CCCCNC2)c1Br)c1ccccc1Cl. The van der Waals surface area contributed by atoms with Gasteiger partial charge in [0.05, 0.1) is 15.1 Å². The molecule has 1 fully saturated rings. The second-order valence-electron chi connectivity index (χ2n) is 6.47. The Morgan fingerprint density at radius 1 is 1.26 bits per heavy atom. The highest BCUT2D eigenvalue weighted by atomic mass is 79.9. The van der Waals surface area contributed by atoms with E-state index in [0.29, 0.717) is 33.3 Å². The standard InChI is InChI=1S/C18H21BrClN5O2/c19-14-15(18(27)22-10-11-5-3-4-8-21-9-11)24-25-16(14)23-17(26)12-6-1-2-7-13(12)20/h1-2,6-7,11,21H,3-5,8-10H2,(H,22,27)(H2,23,24,25,26). The third-order valence-electron chi connectivity index (χ3n) is 4.48. The van der Waals surface area contributed by atoms with Gasteiger partial charge in [0.25, 0.3) is 11.8 Å². The van der Waals surface area contributed by atoms with Gasteiger partial charge in [-0.3, -0.25) is 14.7 Å². The fourth-order valence-electron chi connectivity index (χ4n) is 2.97. The molecule has 1 aromatic heterocycles. The van der Waals surface area contributed by atoms with Gasteiger partial charge in [-0.25, -0.2) is 0 Å². The van der Waals surface area contributed by atoms with Crippen molar-refractivity contribution in [3.8, 4) is 0 Å². The summed E-state index contributed by atoms with van der Waals surface area (Å²) in [5.41, 5.74) is 0.540. The molecule has 0 radical (unpaired) electrons. The fourth-order valence-corrected chi connectivity index (χ4v) is 3.65. The third kappa shape index (κ3) is 5.09. The number of carbonyl (C=O) groups is 2. The van der Waals surface area contributed by atoms with Crippen molar-refractivity contribution in [2.24, 2.45) is 5.92 Å². The lowest BCUT2D eigenvalue weighted by molar-refractivity contribution is 0.0940. The van der Waals surface area contributed by atoms with E-state index in [2.05, 4.69) is 42.1 Å². The highest BCUT2D eigenvalue weighted by molar-refractivity contribution is 9.10. The van der Waals surface area contributed by atoms with Gasteiger partial charge in [0.15, 0.2) is 5.69 Å². The molecule has 27 heavy (non-hydrogen) atoms. The first-order valence-corrected chi connectivity index (χ1v) is 10.0. The van der Waals surface area contributed by atoms with Crippen molar-refractivity contribution in [3.05, 3.63) is 45.0 Å². The Kier molecular flexibility index (Phi) is 6.87. The molecule has 1 aliphatic rings. The van der Waals surface area contributed by atoms with Crippen molar-refractivity contribution in [1.29, 1.82) is 0 Å². The number of carbonyl (C=O) groups excluding carboxylic acids is 2. The zero-order valence-corrected chi connectivity index (χ0v) is 17.0. The molecule has 0 saturated carbocycles. The molecule has 1 atom stereocenters. The van der Waals surface area contributed by atoms with Crippen molar-refractivity contribution in [2.75, 3.05) is 25.0 Å². The minimum absolute atomic E-state index is 0.200. The second-order valence-corrected chi connectivity index (χ2v) is 7.67. The molecule has 144 valence electrons. The van der Waals surface area contributed by atoms with Gasteiger partial charge in [-0.15, -0.1) is 0 Å². The number of rotatable bonds is 5. The van der Waals surface area contributed by atoms with E-state index in [1.54, 1.807) is 24.3 Å². The Morgan fingerprint density at radius 2 is 2.07 bits per heavy atom. The lowest BCUT2D eigenvalue weighted by Crippen LogP contribution is -2.33. The van der Waals surface area contributed by atoms with Crippen LogP contribution >= 0.6 is 27.5 Å². The lowest BCUT2D eigenvalue weighted by atomic mass is 10.0. The molecule has 1 aromatic carbocycles. The normalized spacial score (nSPS) is 17.2. The average Bonchev–Trinajstić information content (AvgIpc) is 2.86. The van der Waals surface area contributed by atoms with Crippen molar-refractivity contribution in [1.82, 2.24) is 20.8 Å². The van der Waals surface area contributed by atoms with Crippen LogP contribution in [0.2, 0.25) is 5.02 Å². The summed E-state index contributed by atoms with van der Waals surface area (Å²) in [5, 5.41) is 16.0. The van der Waals surface area contributed by atoms with Crippen LogP contribution in [0.25, 0.3) is 0 Å². The molecule has 9 heteroatoms. The first kappa shape index (κ1) is 19.9. The first-order chi connectivity index (χ1) is 13.1. The quantitative estimate of drug-likeness (QED) is 0.557. The van der Waals surface area contributed by atoms with Crippen LogP contribution in [-0.2, 0) is 0 Å². The largest absolute Gasteiger partial charge is 0.350 e. The van der Waals surface area contributed by atoms with Crippen molar-refractivity contribution in [2.45, 2.75) is 19.3 Å². The summed E-state index contributed by atoms with van der Waals surface area (Å²) in [6.45, 7) is 2.53. The van der Waals surface area contributed by atoms with E-state index in [1.807, 2.05) is 0 Å². The second kappa shape index (κ2) is 9.34. The predicted molar refractivity (Wildman–Crippen MR) is 108 cm³/mol. The van der Waals surface area contributed by atoms with Crippen LogP contribution in [0.15, 0.2) is 28.7 Å². The van der Waals surface area contributed by atoms with Crippen LogP contribution in [-0.4, -0.2) is 41.6 Å². The molecule has 0 bridgehead atoms. The van der Waals surface area contributed by atoms with E-state index in [0.717, 1.165) is 25.9 Å². The summed E-state index contributed by atoms with van der Waals surface area (Å²) < 4.78 is 0.402.